The number of hydrogen-bond donors (Lipinski definition) is 3. The van der Waals surface area contributed by atoms with Gasteiger partial charge in [-0.25, -0.2) is 0 Å². The smallest absolute Gasteiger partial charge is 0.0865 e. The van der Waals surface area contributed by atoms with Crippen LogP contribution in [0.25, 0.3) is 0 Å². The van der Waals surface area contributed by atoms with Crippen molar-refractivity contribution in [3.63, 3.8) is 0 Å². The highest BCUT2D eigenvalue weighted by molar-refractivity contribution is 5.15. The second-order valence-corrected chi connectivity index (χ2v) is 4.96. The number of nitrogens with one attached hydrogen (secondary N) is 2. The standard InChI is InChI=1S/C11H18N2O/c14-11(10-2-1-5-12-10)6-8-3-4-9(7-11)13-8/h1-2,8-10,12-14H,3-7H2. The number of piperidine rings is 1. The molecule has 3 aliphatic rings. The maximum absolute atomic E-state index is 10.6. The quantitative estimate of drug-likeness (QED) is 0.521. The summed E-state index contributed by atoms with van der Waals surface area (Å²) in [5.41, 5.74) is -0.496. The second-order valence-electron chi connectivity index (χ2n) is 4.96. The molecule has 0 radical (unpaired) electrons. The Labute approximate surface area is 84.6 Å². The zero-order valence-corrected chi connectivity index (χ0v) is 8.37. The van der Waals surface area contributed by atoms with Gasteiger partial charge in [0.2, 0.25) is 0 Å². The lowest BCUT2D eigenvalue weighted by molar-refractivity contribution is -0.0235. The van der Waals surface area contributed by atoms with E-state index in [1.54, 1.807) is 0 Å². The predicted molar refractivity (Wildman–Crippen MR) is 55.1 cm³/mol. The molecule has 78 valence electrons. The summed E-state index contributed by atoms with van der Waals surface area (Å²) in [5.74, 6) is 0. The van der Waals surface area contributed by atoms with E-state index in [-0.39, 0.29) is 6.04 Å². The molecule has 3 rings (SSSR count). The van der Waals surface area contributed by atoms with Gasteiger partial charge in [-0.1, -0.05) is 12.2 Å². The Bertz CT molecular complexity index is 252. The van der Waals surface area contributed by atoms with Crippen LogP contribution < -0.4 is 10.6 Å². The zero-order chi connectivity index (χ0) is 9.60. The van der Waals surface area contributed by atoms with E-state index >= 15 is 0 Å². The van der Waals surface area contributed by atoms with E-state index in [4.69, 9.17) is 0 Å². The molecule has 3 unspecified atom stereocenters. The molecule has 3 heteroatoms. The van der Waals surface area contributed by atoms with Crippen molar-refractivity contribution in [1.29, 1.82) is 0 Å². The minimum atomic E-state index is -0.496. The van der Waals surface area contributed by atoms with Crippen LogP contribution in [0.2, 0.25) is 0 Å². The third-order valence-electron chi connectivity index (χ3n) is 3.90. The van der Waals surface area contributed by atoms with E-state index in [1.165, 1.54) is 12.8 Å². The fraction of sp³-hybridized carbons (Fsp3) is 0.818. The number of fused-ring (bicyclic) bond motifs is 2. The van der Waals surface area contributed by atoms with E-state index in [0.29, 0.717) is 12.1 Å². The molecule has 2 bridgehead atoms. The maximum Gasteiger partial charge on any atom is 0.0865 e. The Morgan fingerprint density at radius 3 is 2.50 bits per heavy atom. The highest BCUT2D eigenvalue weighted by Gasteiger charge is 2.46. The van der Waals surface area contributed by atoms with E-state index in [1.807, 2.05) is 0 Å². The first-order chi connectivity index (χ1) is 6.76. The fourth-order valence-electron chi connectivity index (χ4n) is 3.25. The van der Waals surface area contributed by atoms with Crippen LogP contribution in [0.15, 0.2) is 12.2 Å². The minimum Gasteiger partial charge on any atom is -0.388 e. The molecule has 0 amide bonds. The normalized spacial score (nSPS) is 51.4. The Balaban J connectivity index is 1.79. The van der Waals surface area contributed by atoms with Crippen molar-refractivity contribution < 1.29 is 5.11 Å². The molecule has 14 heavy (non-hydrogen) atoms. The molecule has 2 saturated heterocycles. The van der Waals surface area contributed by atoms with Crippen LogP contribution in [0.5, 0.6) is 0 Å². The second kappa shape index (κ2) is 3.05. The molecule has 3 heterocycles. The summed E-state index contributed by atoms with van der Waals surface area (Å²) in [7, 11) is 0. The fourth-order valence-corrected chi connectivity index (χ4v) is 3.25. The molecule has 0 spiro atoms. The third kappa shape index (κ3) is 1.31. The van der Waals surface area contributed by atoms with Crippen LogP contribution in [0.3, 0.4) is 0 Å². The van der Waals surface area contributed by atoms with Crippen molar-refractivity contribution in [2.24, 2.45) is 0 Å². The van der Waals surface area contributed by atoms with Crippen LogP contribution in [-0.2, 0) is 0 Å². The lowest BCUT2D eigenvalue weighted by atomic mass is 9.81. The van der Waals surface area contributed by atoms with Crippen LogP contribution in [0.1, 0.15) is 25.7 Å². The molecule has 2 fully saturated rings. The Morgan fingerprint density at radius 2 is 1.93 bits per heavy atom. The van der Waals surface area contributed by atoms with E-state index < -0.39 is 5.60 Å². The number of hydrogen-bond acceptors (Lipinski definition) is 3. The molecule has 0 aromatic carbocycles. The number of aliphatic hydroxyl groups is 1. The summed E-state index contributed by atoms with van der Waals surface area (Å²) < 4.78 is 0. The van der Waals surface area contributed by atoms with Gasteiger partial charge in [0.05, 0.1) is 11.6 Å². The van der Waals surface area contributed by atoms with Gasteiger partial charge in [0, 0.05) is 18.6 Å². The first kappa shape index (κ1) is 8.89. The first-order valence-corrected chi connectivity index (χ1v) is 5.65. The van der Waals surface area contributed by atoms with Crippen molar-refractivity contribution in [2.75, 3.05) is 6.54 Å². The van der Waals surface area contributed by atoms with Gasteiger partial charge < -0.3 is 15.7 Å². The Kier molecular flexibility index (Phi) is 1.94. The monoisotopic (exact) mass is 194 g/mol. The molecule has 3 aliphatic heterocycles. The summed E-state index contributed by atoms with van der Waals surface area (Å²) >= 11 is 0. The van der Waals surface area contributed by atoms with Crippen molar-refractivity contribution >= 4 is 0 Å². The molecular formula is C11H18N2O. The van der Waals surface area contributed by atoms with E-state index in [9.17, 15) is 5.11 Å². The lowest BCUT2D eigenvalue weighted by Gasteiger charge is -2.40. The van der Waals surface area contributed by atoms with Crippen LogP contribution >= 0.6 is 0 Å². The topological polar surface area (TPSA) is 44.3 Å². The summed E-state index contributed by atoms with van der Waals surface area (Å²) in [6.45, 7) is 0.912. The molecule has 0 aliphatic carbocycles. The Morgan fingerprint density at radius 1 is 1.21 bits per heavy atom. The lowest BCUT2D eigenvalue weighted by Crippen LogP contribution is -2.57. The van der Waals surface area contributed by atoms with Gasteiger partial charge in [0.1, 0.15) is 0 Å². The van der Waals surface area contributed by atoms with Gasteiger partial charge in [-0.15, -0.1) is 0 Å². The van der Waals surface area contributed by atoms with E-state index in [0.717, 1.165) is 19.4 Å². The summed E-state index contributed by atoms with van der Waals surface area (Å²) in [6.07, 6.45) is 8.54. The molecule has 0 aromatic rings. The van der Waals surface area contributed by atoms with Gasteiger partial charge in [0.15, 0.2) is 0 Å². The molecule has 0 saturated carbocycles. The molecule has 3 N–H and O–H groups in total. The van der Waals surface area contributed by atoms with Gasteiger partial charge in [0.25, 0.3) is 0 Å². The zero-order valence-electron chi connectivity index (χ0n) is 8.37. The largest absolute Gasteiger partial charge is 0.388 e. The van der Waals surface area contributed by atoms with Crippen molar-refractivity contribution in [2.45, 2.75) is 49.4 Å². The number of rotatable bonds is 1. The highest BCUT2D eigenvalue weighted by Crippen LogP contribution is 2.36. The summed E-state index contributed by atoms with van der Waals surface area (Å²) in [5, 5.41) is 17.5. The molecule has 3 nitrogen and oxygen atoms in total. The molecular weight excluding hydrogens is 176 g/mol. The van der Waals surface area contributed by atoms with Crippen LogP contribution in [0, 0.1) is 0 Å². The average molecular weight is 194 g/mol. The SMILES string of the molecule is OC1(C2C=CCN2)CC2CCC(C1)N2. The van der Waals surface area contributed by atoms with Crippen LogP contribution in [0.4, 0.5) is 0 Å². The van der Waals surface area contributed by atoms with Crippen molar-refractivity contribution in [1.82, 2.24) is 10.6 Å². The Hall–Kier alpha value is -0.380. The van der Waals surface area contributed by atoms with Crippen molar-refractivity contribution in [3.05, 3.63) is 12.2 Å². The highest BCUT2D eigenvalue weighted by atomic mass is 16.3. The van der Waals surface area contributed by atoms with Gasteiger partial charge >= 0.3 is 0 Å². The maximum atomic E-state index is 10.6. The summed E-state index contributed by atoms with van der Waals surface area (Å²) in [6, 6.07) is 1.29. The predicted octanol–water partition coefficient (Wildman–Crippen LogP) is 0.160. The van der Waals surface area contributed by atoms with Crippen LogP contribution in [-0.4, -0.2) is 35.4 Å². The van der Waals surface area contributed by atoms with Gasteiger partial charge in [-0.3, -0.25) is 0 Å². The molecule has 0 aromatic heterocycles. The van der Waals surface area contributed by atoms with E-state index in [2.05, 4.69) is 22.8 Å². The van der Waals surface area contributed by atoms with Gasteiger partial charge in [-0.05, 0) is 25.7 Å². The minimum absolute atomic E-state index is 0.188. The van der Waals surface area contributed by atoms with Gasteiger partial charge in [-0.2, -0.15) is 0 Å². The third-order valence-corrected chi connectivity index (χ3v) is 3.90. The first-order valence-electron chi connectivity index (χ1n) is 5.65. The average Bonchev–Trinajstić information content (AvgIpc) is 2.75. The molecule has 3 atom stereocenters. The summed E-state index contributed by atoms with van der Waals surface area (Å²) in [4.78, 5) is 0. The van der Waals surface area contributed by atoms with Crippen molar-refractivity contribution in [3.8, 4) is 0 Å².